The van der Waals surface area contributed by atoms with Crippen LogP contribution in [0.25, 0.3) is 5.65 Å². The van der Waals surface area contributed by atoms with Crippen molar-refractivity contribution in [1.82, 2.24) is 30.1 Å². The van der Waals surface area contributed by atoms with Crippen molar-refractivity contribution in [3.63, 3.8) is 0 Å². The number of guanidine groups is 1. The van der Waals surface area contributed by atoms with Crippen molar-refractivity contribution in [2.45, 2.75) is 12.6 Å². The van der Waals surface area contributed by atoms with Gasteiger partial charge in [-0.25, -0.2) is 4.39 Å². The molecule has 1 unspecified atom stereocenters. The van der Waals surface area contributed by atoms with E-state index in [0.29, 0.717) is 19.0 Å². The largest absolute Gasteiger partial charge is 0.354 e. The molecule has 7 nitrogen and oxygen atoms in total. The number of fused-ring (bicyclic) bond motifs is 1. The lowest BCUT2D eigenvalue weighted by Gasteiger charge is -2.26. The van der Waals surface area contributed by atoms with Gasteiger partial charge in [-0.05, 0) is 43.9 Å². The number of pyridine rings is 1. The number of halogens is 2. The Labute approximate surface area is 181 Å². The first kappa shape index (κ1) is 22.0. The molecule has 2 N–H and O–H groups in total. The molecule has 2 heterocycles. The van der Waals surface area contributed by atoms with E-state index in [1.54, 1.807) is 19.2 Å². The Morgan fingerprint density at radius 1 is 1.18 bits per heavy atom. The second kappa shape index (κ2) is 10.3. The van der Waals surface area contributed by atoms with Crippen LogP contribution >= 0.6 is 24.0 Å². The fourth-order valence-electron chi connectivity index (χ4n) is 2.90. The van der Waals surface area contributed by atoms with E-state index >= 15 is 0 Å². The second-order valence-corrected chi connectivity index (χ2v) is 6.39. The number of hydrogen-bond acceptors (Lipinski definition) is 4. The van der Waals surface area contributed by atoms with Gasteiger partial charge in [0.2, 0.25) is 0 Å². The molecule has 1 aromatic carbocycles. The molecule has 0 spiro atoms. The van der Waals surface area contributed by atoms with Crippen molar-refractivity contribution < 1.29 is 4.39 Å². The molecule has 1 atom stereocenters. The van der Waals surface area contributed by atoms with Crippen molar-refractivity contribution >= 4 is 35.6 Å². The van der Waals surface area contributed by atoms with Gasteiger partial charge in [-0.1, -0.05) is 18.2 Å². The molecule has 3 aromatic rings. The molecule has 0 saturated carbocycles. The Bertz CT molecular complexity index is 925. The van der Waals surface area contributed by atoms with Gasteiger partial charge in [0, 0.05) is 19.8 Å². The van der Waals surface area contributed by atoms with E-state index in [1.165, 1.54) is 6.07 Å². The number of aliphatic imine (C=N–C) groups is 1. The Morgan fingerprint density at radius 2 is 2.00 bits per heavy atom. The van der Waals surface area contributed by atoms with Crippen LogP contribution < -0.4 is 10.6 Å². The third-order valence-electron chi connectivity index (χ3n) is 4.34. The molecule has 3 rings (SSSR count). The van der Waals surface area contributed by atoms with Crippen LogP contribution in [0.5, 0.6) is 0 Å². The summed E-state index contributed by atoms with van der Waals surface area (Å²) in [5.41, 5.74) is 1.71. The Hall–Kier alpha value is -2.27. The lowest BCUT2D eigenvalue weighted by molar-refractivity contribution is 0.297. The summed E-state index contributed by atoms with van der Waals surface area (Å²) in [5.74, 6) is 1.20. The first-order chi connectivity index (χ1) is 13.1. The minimum absolute atomic E-state index is 0. The van der Waals surface area contributed by atoms with Gasteiger partial charge in [-0.15, -0.1) is 34.2 Å². The molecule has 0 amide bonds. The second-order valence-electron chi connectivity index (χ2n) is 6.39. The SMILES string of the molecule is CN=C(NCc1nnc2ccccn12)NCC(c1cccc(F)c1)N(C)C.I. The third kappa shape index (κ3) is 5.38. The molecule has 2 aromatic heterocycles. The van der Waals surface area contributed by atoms with Gasteiger partial charge in [0.1, 0.15) is 5.82 Å². The Kier molecular flexibility index (Phi) is 8.12. The van der Waals surface area contributed by atoms with Gasteiger partial charge in [0.25, 0.3) is 0 Å². The first-order valence-electron chi connectivity index (χ1n) is 8.73. The van der Waals surface area contributed by atoms with Gasteiger partial charge in [0.05, 0.1) is 12.6 Å². The van der Waals surface area contributed by atoms with Crippen molar-refractivity contribution in [2.75, 3.05) is 27.7 Å². The average molecular weight is 497 g/mol. The fraction of sp³-hybridized carbons (Fsp3) is 0.316. The highest BCUT2D eigenvalue weighted by Gasteiger charge is 2.15. The number of benzene rings is 1. The molecule has 150 valence electrons. The molecule has 0 radical (unpaired) electrons. The van der Waals surface area contributed by atoms with E-state index in [2.05, 4.69) is 25.8 Å². The van der Waals surface area contributed by atoms with E-state index in [9.17, 15) is 4.39 Å². The maximum atomic E-state index is 13.6. The summed E-state index contributed by atoms with van der Waals surface area (Å²) in [6.07, 6.45) is 1.93. The Balaban J connectivity index is 0.00000280. The molecule has 0 aliphatic carbocycles. The van der Waals surface area contributed by atoms with Gasteiger partial charge in [0.15, 0.2) is 17.4 Å². The summed E-state index contributed by atoms with van der Waals surface area (Å²) >= 11 is 0. The molecular formula is C19H25FIN7. The number of nitrogens with zero attached hydrogens (tertiary/aromatic N) is 5. The predicted octanol–water partition coefficient (Wildman–Crippen LogP) is 2.45. The van der Waals surface area contributed by atoms with E-state index < -0.39 is 0 Å². The summed E-state index contributed by atoms with van der Waals surface area (Å²) < 4.78 is 15.5. The third-order valence-corrected chi connectivity index (χ3v) is 4.34. The summed E-state index contributed by atoms with van der Waals surface area (Å²) in [7, 11) is 5.65. The average Bonchev–Trinajstić information content (AvgIpc) is 3.07. The van der Waals surface area contributed by atoms with Gasteiger partial charge in [-0.2, -0.15) is 0 Å². The van der Waals surface area contributed by atoms with Gasteiger partial charge >= 0.3 is 0 Å². The molecule has 0 saturated heterocycles. The van der Waals surface area contributed by atoms with Crippen LogP contribution in [-0.4, -0.2) is 53.1 Å². The van der Waals surface area contributed by atoms with Crippen molar-refractivity contribution in [3.8, 4) is 0 Å². The van der Waals surface area contributed by atoms with Crippen LogP contribution in [0.15, 0.2) is 53.7 Å². The normalized spacial score (nSPS) is 12.7. The van der Waals surface area contributed by atoms with Crippen LogP contribution in [-0.2, 0) is 6.54 Å². The minimum atomic E-state index is -0.236. The number of rotatable bonds is 6. The Morgan fingerprint density at radius 3 is 2.71 bits per heavy atom. The van der Waals surface area contributed by atoms with Crippen LogP contribution in [0.3, 0.4) is 0 Å². The van der Waals surface area contributed by atoms with Crippen molar-refractivity contribution in [3.05, 3.63) is 65.9 Å². The van der Waals surface area contributed by atoms with E-state index in [0.717, 1.165) is 17.0 Å². The first-order valence-corrected chi connectivity index (χ1v) is 8.73. The van der Waals surface area contributed by atoms with Crippen LogP contribution in [0.1, 0.15) is 17.4 Å². The van der Waals surface area contributed by atoms with Crippen LogP contribution in [0, 0.1) is 5.82 Å². The highest BCUT2D eigenvalue weighted by Crippen LogP contribution is 2.18. The smallest absolute Gasteiger partial charge is 0.191 e. The zero-order valence-electron chi connectivity index (χ0n) is 16.1. The fourth-order valence-corrected chi connectivity index (χ4v) is 2.90. The van der Waals surface area contributed by atoms with E-state index in [4.69, 9.17) is 0 Å². The lowest BCUT2D eigenvalue weighted by Crippen LogP contribution is -2.41. The highest BCUT2D eigenvalue weighted by atomic mass is 127. The predicted molar refractivity (Wildman–Crippen MR) is 119 cm³/mol. The number of hydrogen-bond donors (Lipinski definition) is 2. The maximum Gasteiger partial charge on any atom is 0.191 e. The van der Waals surface area contributed by atoms with Gasteiger partial charge < -0.3 is 15.5 Å². The highest BCUT2D eigenvalue weighted by molar-refractivity contribution is 14.0. The number of nitrogens with one attached hydrogen (secondary N) is 2. The topological polar surface area (TPSA) is 69.8 Å². The van der Waals surface area contributed by atoms with Crippen LogP contribution in [0.4, 0.5) is 4.39 Å². The summed E-state index contributed by atoms with van der Waals surface area (Å²) in [6, 6.07) is 12.4. The molecule has 0 fully saturated rings. The number of aromatic nitrogens is 3. The molecule has 0 aliphatic rings. The van der Waals surface area contributed by atoms with E-state index in [1.807, 2.05) is 53.9 Å². The molecular weight excluding hydrogens is 472 g/mol. The minimum Gasteiger partial charge on any atom is -0.354 e. The number of likely N-dealkylation sites (N-methyl/N-ethyl adjacent to an activating group) is 1. The molecule has 0 aliphatic heterocycles. The molecule has 0 bridgehead atoms. The standard InChI is InChI=1S/C19H24FN7.HI/c1-21-19(23-13-18-25-24-17-9-4-5-10-27(17)18)22-12-16(26(2)3)14-7-6-8-15(20)11-14;/h4-11,16H,12-13H2,1-3H3,(H2,21,22,23);1H. The lowest BCUT2D eigenvalue weighted by atomic mass is 10.1. The molecule has 9 heteroatoms. The zero-order chi connectivity index (χ0) is 19.2. The summed E-state index contributed by atoms with van der Waals surface area (Å²) in [5, 5.41) is 14.9. The van der Waals surface area contributed by atoms with Crippen molar-refractivity contribution in [1.29, 1.82) is 0 Å². The monoisotopic (exact) mass is 497 g/mol. The van der Waals surface area contributed by atoms with Gasteiger partial charge in [-0.3, -0.25) is 9.39 Å². The summed E-state index contributed by atoms with van der Waals surface area (Å²) in [6.45, 7) is 1.06. The van der Waals surface area contributed by atoms with Crippen molar-refractivity contribution in [2.24, 2.45) is 4.99 Å². The van der Waals surface area contributed by atoms with E-state index in [-0.39, 0.29) is 35.8 Å². The zero-order valence-corrected chi connectivity index (χ0v) is 18.5. The summed E-state index contributed by atoms with van der Waals surface area (Å²) in [4.78, 5) is 6.30. The maximum absolute atomic E-state index is 13.6. The quantitative estimate of drug-likeness (QED) is 0.311. The van der Waals surface area contributed by atoms with Crippen LogP contribution in [0.2, 0.25) is 0 Å². The molecule has 28 heavy (non-hydrogen) atoms.